The molecule has 0 unspecified atom stereocenters. The van der Waals surface area contributed by atoms with E-state index in [1.54, 1.807) is 0 Å². The van der Waals surface area contributed by atoms with Crippen LogP contribution in [0.1, 0.15) is 51.5 Å². The summed E-state index contributed by atoms with van der Waals surface area (Å²) >= 11 is 0. The van der Waals surface area contributed by atoms with Crippen LogP contribution in [0.25, 0.3) is 0 Å². The van der Waals surface area contributed by atoms with E-state index in [-0.39, 0.29) is 0 Å². The molecule has 1 aromatic rings. The standard InChI is InChI=1S/C17H28O4/c1-3-5-14-18-20-17(21-19-15-6-4-2)13-12-16-10-8-7-9-11-16/h7-11,17H,3-6,12-15H2,1-2H3. The lowest BCUT2D eigenvalue weighted by molar-refractivity contribution is -0.463. The molecule has 21 heavy (non-hydrogen) atoms. The molecule has 0 aliphatic carbocycles. The van der Waals surface area contributed by atoms with Gasteiger partial charge in [0.15, 0.2) is 0 Å². The Morgan fingerprint density at radius 3 is 1.95 bits per heavy atom. The van der Waals surface area contributed by atoms with Crippen molar-refractivity contribution in [2.24, 2.45) is 0 Å². The van der Waals surface area contributed by atoms with E-state index in [1.165, 1.54) is 5.56 Å². The highest BCUT2D eigenvalue weighted by Gasteiger charge is 2.12. The summed E-state index contributed by atoms with van der Waals surface area (Å²) in [5.41, 5.74) is 1.25. The third-order valence-corrected chi connectivity index (χ3v) is 3.02. The Morgan fingerprint density at radius 1 is 0.857 bits per heavy atom. The smallest absolute Gasteiger partial charge is 0.224 e. The Kier molecular flexibility index (Phi) is 11.0. The van der Waals surface area contributed by atoms with E-state index in [0.717, 1.165) is 32.1 Å². The van der Waals surface area contributed by atoms with E-state index in [4.69, 9.17) is 19.6 Å². The molecule has 0 aliphatic heterocycles. The van der Waals surface area contributed by atoms with Crippen LogP contribution < -0.4 is 0 Å². The second-order valence-electron chi connectivity index (χ2n) is 5.00. The van der Waals surface area contributed by atoms with Gasteiger partial charge in [-0.15, -0.1) is 0 Å². The highest BCUT2D eigenvalue weighted by Crippen LogP contribution is 2.10. The summed E-state index contributed by atoms with van der Waals surface area (Å²) in [5, 5.41) is 0. The summed E-state index contributed by atoms with van der Waals surface area (Å²) < 4.78 is 0. The number of hydrogen-bond acceptors (Lipinski definition) is 4. The fourth-order valence-corrected chi connectivity index (χ4v) is 1.70. The summed E-state index contributed by atoms with van der Waals surface area (Å²) in [4.78, 5) is 21.0. The second-order valence-corrected chi connectivity index (χ2v) is 5.00. The molecule has 4 heteroatoms. The molecule has 1 rings (SSSR count). The first-order chi connectivity index (χ1) is 10.4. The van der Waals surface area contributed by atoms with Crippen LogP contribution in [0.2, 0.25) is 0 Å². The van der Waals surface area contributed by atoms with E-state index in [2.05, 4.69) is 26.0 Å². The van der Waals surface area contributed by atoms with Crippen molar-refractivity contribution in [3.63, 3.8) is 0 Å². The Morgan fingerprint density at radius 2 is 1.43 bits per heavy atom. The van der Waals surface area contributed by atoms with Crippen LogP contribution in [0, 0.1) is 0 Å². The molecule has 0 atom stereocenters. The van der Waals surface area contributed by atoms with Crippen molar-refractivity contribution in [3.8, 4) is 0 Å². The Bertz CT molecular complexity index is 317. The van der Waals surface area contributed by atoms with Crippen LogP contribution in [0.15, 0.2) is 30.3 Å². The average molecular weight is 296 g/mol. The molecule has 0 saturated carbocycles. The first kappa shape index (κ1) is 18.1. The summed E-state index contributed by atoms with van der Waals surface area (Å²) in [6.07, 6.45) is 5.17. The number of benzene rings is 1. The van der Waals surface area contributed by atoms with E-state index in [0.29, 0.717) is 19.6 Å². The highest BCUT2D eigenvalue weighted by atomic mass is 17.3. The Balaban J connectivity index is 2.28. The predicted molar refractivity (Wildman–Crippen MR) is 82.4 cm³/mol. The zero-order chi connectivity index (χ0) is 15.2. The molecule has 0 aliphatic rings. The maximum Gasteiger partial charge on any atom is 0.224 e. The number of unbranched alkanes of at least 4 members (excludes halogenated alkanes) is 2. The van der Waals surface area contributed by atoms with Gasteiger partial charge in [0.2, 0.25) is 6.29 Å². The monoisotopic (exact) mass is 296 g/mol. The van der Waals surface area contributed by atoms with Crippen molar-refractivity contribution in [2.75, 3.05) is 13.2 Å². The molecule has 0 bridgehead atoms. The van der Waals surface area contributed by atoms with Crippen molar-refractivity contribution < 1.29 is 19.6 Å². The van der Waals surface area contributed by atoms with Gasteiger partial charge in [-0.3, -0.25) is 0 Å². The summed E-state index contributed by atoms with van der Waals surface area (Å²) in [5.74, 6) is 0. The van der Waals surface area contributed by atoms with Crippen molar-refractivity contribution in [3.05, 3.63) is 35.9 Å². The van der Waals surface area contributed by atoms with E-state index in [1.807, 2.05) is 18.2 Å². The normalized spacial score (nSPS) is 11.2. The van der Waals surface area contributed by atoms with E-state index >= 15 is 0 Å². The van der Waals surface area contributed by atoms with Crippen LogP contribution in [-0.2, 0) is 26.0 Å². The first-order valence-electron chi connectivity index (χ1n) is 7.97. The van der Waals surface area contributed by atoms with Crippen molar-refractivity contribution in [1.82, 2.24) is 0 Å². The quantitative estimate of drug-likeness (QED) is 0.233. The van der Waals surface area contributed by atoms with Crippen LogP contribution in [0.4, 0.5) is 0 Å². The lowest BCUT2D eigenvalue weighted by Crippen LogP contribution is -2.19. The van der Waals surface area contributed by atoms with Gasteiger partial charge in [0.05, 0.1) is 13.2 Å². The highest BCUT2D eigenvalue weighted by molar-refractivity contribution is 5.14. The van der Waals surface area contributed by atoms with Gasteiger partial charge in [-0.1, -0.05) is 57.0 Å². The van der Waals surface area contributed by atoms with Gasteiger partial charge in [0.1, 0.15) is 0 Å². The average Bonchev–Trinajstić information content (AvgIpc) is 2.53. The van der Waals surface area contributed by atoms with Crippen LogP contribution >= 0.6 is 0 Å². The van der Waals surface area contributed by atoms with Crippen molar-refractivity contribution >= 4 is 0 Å². The molecular formula is C17H28O4. The minimum Gasteiger partial charge on any atom is -0.234 e. The van der Waals surface area contributed by atoms with Gasteiger partial charge >= 0.3 is 0 Å². The molecule has 120 valence electrons. The molecule has 0 N–H and O–H groups in total. The van der Waals surface area contributed by atoms with E-state index in [9.17, 15) is 0 Å². The minimum atomic E-state index is -0.487. The first-order valence-corrected chi connectivity index (χ1v) is 7.97. The number of rotatable bonds is 13. The third kappa shape index (κ3) is 9.58. The molecule has 0 radical (unpaired) electrons. The van der Waals surface area contributed by atoms with Gasteiger partial charge in [0, 0.05) is 6.42 Å². The maximum atomic E-state index is 5.30. The topological polar surface area (TPSA) is 36.9 Å². The largest absolute Gasteiger partial charge is 0.234 e. The fraction of sp³-hybridized carbons (Fsp3) is 0.647. The van der Waals surface area contributed by atoms with Crippen molar-refractivity contribution in [2.45, 2.75) is 58.7 Å². The maximum absolute atomic E-state index is 5.30. The molecule has 0 amide bonds. The molecular weight excluding hydrogens is 268 g/mol. The number of aryl methyl sites for hydroxylation is 1. The molecule has 0 heterocycles. The predicted octanol–water partition coefficient (Wildman–Crippen LogP) is 4.44. The zero-order valence-corrected chi connectivity index (χ0v) is 13.3. The summed E-state index contributed by atoms with van der Waals surface area (Å²) in [6.45, 7) is 5.38. The summed E-state index contributed by atoms with van der Waals surface area (Å²) in [6, 6.07) is 10.2. The third-order valence-electron chi connectivity index (χ3n) is 3.02. The minimum absolute atomic E-state index is 0.487. The Hall–Kier alpha value is -0.940. The second kappa shape index (κ2) is 12.8. The molecule has 1 aromatic carbocycles. The van der Waals surface area contributed by atoms with Gasteiger partial charge in [-0.2, -0.15) is 0 Å². The van der Waals surface area contributed by atoms with Gasteiger partial charge in [-0.25, -0.2) is 19.6 Å². The summed E-state index contributed by atoms with van der Waals surface area (Å²) in [7, 11) is 0. The van der Waals surface area contributed by atoms with E-state index < -0.39 is 6.29 Å². The molecule has 0 aromatic heterocycles. The molecule has 0 fully saturated rings. The number of hydrogen-bond donors (Lipinski definition) is 0. The van der Waals surface area contributed by atoms with Gasteiger partial charge < -0.3 is 0 Å². The van der Waals surface area contributed by atoms with Crippen LogP contribution in [-0.4, -0.2) is 19.5 Å². The lowest BCUT2D eigenvalue weighted by Gasteiger charge is -2.16. The lowest BCUT2D eigenvalue weighted by atomic mass is 10.1. The fourth-order valence-electron chi connectivity index (χ4n) is 1.70. The van der Waals surface area contributed by atoms with Gasteiger partial charge in [0.25, 0.3) is 0 Å². The molecule has 0 spiro atoms. The van der Waals surface area contributed by atoms with Gasteiger partial charge in [-0.05, 0) is 24.8 Å². The zero-order valence-electron chi connectivity index (χ0n) is 13.3. The van der Waals surface area contributed by atoms with Crippen LogP contribution in [0.3, 0.4) is 0 Å². The van der Waals surface area contributed by atoms with Crippen molar-refractivity contribution in [1.29, 1.82) is 0 Å². The SMILES string of the molecule is CCCCOOC(CCc1ccccc1)OOCCCC. The molecule has 4 nitrogen and oxygen atoms in total. The molecule has 0 saturated heterocycles. The Labute approximate surface area is 128 Å². The van der Waals surface area contributed by atoms with Crippen LogP contribution in [0.5, 0.6) is 0 Å².